The van der Waals surface area contributed by atoms with Gasteiger partial charge in [0.1, 0.15) is 0 Å². The van der Waals surface area contributed by atoms with E-state index in [4.69, 9.17) is 29.9 Å². The van der Waals surface area contributed by atoms with Crippen LogP contribution < -0.4 is 0 Å². The first-order valence-electron chi connectivity index (χ1n) is 24.6. The maximum absolute atomic E-state index is 12.8. The van der Waals surface area contributed by atoms with Crippen LogP contribution in [0, 0.1) is 0 Å². The molecule has 10 N–H and O–H groups in total. The molecule has 0 aromatic rings. The molecule has 0 aromatic heterocycles. The van der Waals surface area contributed by atoms with Crippen LogP contribution in [0.25, 0.3) is 0 Å². The summed E-state index contributed by atoms with van der Waals surface area (Å²) in [7, 11) is 0. The van der Waals surface area contributed by atoms with E-state index in [9.17, 15) is 117 Å². The molecule has 0 heterocycles. The van der Waals surface area contributed by atoms with Gasteiger partial charge in [0.15, 0.2) is 11.2 Å². The second-order valence-corrected chi connectivity index (χ2v) is 18.3. The van der Waals surface area contributed by atoms with Crippen molar-refractivity contribution >= 4 is 107 Å². The number of carboxylic acids is 8. The van der Waals surface area contributed by atoms with Crippen molar-refractivity contribution in [2.75, 3.05) is 0 Å². The zero-order valence-electron chi connectivity index (χ0n) is 43.7. The van der Waals surface area contributed by atoms with Crippen molar-refractivity contribution in [2.45, 2.75) is 189 Å². The summed E-state index contributed by atoms with van der Waals surface area (Å²) in [5.74, 6) is -30.4. The number of carbonyl (C=O) groups is 18. The molecular formula is C48H62O34. The molecule has 0 saturated heterocycles. The van der Waals surface area contributed by atoms with Crippen LogP contribution in [0.5, 0.6) is 0 Å². The Hall–Kier alpha value is -8.82. The van der Waals surface area contributed by atoms with Crippen LogP contribution in [-0.2, 0) is 115 Å². The van der Waals surface area contributed by atoms with E-state index >= 15 is 0 Å². The minimum atomic E-state index is -3.28. The second kappa shape index (κ2) is 35.7. The fourth-order valence-corrected chi connectivity index (χ4v) is 7.11. The smallest absolute Gasteiger partial charge is 0.349 e. The third-order valence-electron chi connectivity index (χ3n) is 11.2. The Kier molecular flexibility index (Phi) is 31.9. The molecule has 0 aliphatic rings. The van der Waals surface area contributed by atoms with Crippen LogP contribution in [0.15, 0.2) is 0 Å². The van der Waals surface area contributed by atoms with Crippen molar-refractivity contribution in [3.8, 4) is 0 Å². The minimum Gasteiger partial charge on any atom is -0.481 e. The van der Waals surface area contributed by atoms with Gasteiger partial charge in [0.2, 0.25) is 11.2 Å². The summed E-state index contributed by atoms with van der Waals surface area (Å²) in [6.07, 6.45) is -12.2. The van der Waals surface area contributed by atoms with Gasteiger partial charge < -0.3 is 79.5 Å². The first-order chi connectivity index (χ1) is 38.0. The third kappa shape index (κ3) is 30.0. The van der Waals surface area contributed by atoms with Crippen LogP contribution in [0.3, 0.4) is 0 Å². The lowest BCUT2D eigenvalue weighted by atomic mass is 9.95. The molecule has 82 heavy (non-hydrogen) atoms. The van der Waals surface area contributed by atoms with E-state index in [1.165, 1.54) is 0 Å². The third-order valence-corrected chi connectivity index (χ3v) is 11.2. The van der Waals surface area contributed by atoms with E-state index in [2.05, 4.69) is 18.9 Å². The second-order valence-electron chi connectivity index (χ2n) is 18.3. The Morgan fingerprint density at radius 2 is 0.451 bits per heavy atom. The highest BCUT2D eigenvalue weighted by atomic mass is 16.6. The van der Waals surface area contributed by atoms with Crippen molar-refractivity contribution in [1.82, 2.24) is 0 Å². The number of rotatable bonds is 43. The Labute approximate surface area is 461 Å². The molecule has 0 rings (SSSR count). The molecule has 0 bridgehead atoms. The normalized spacial score (nSPS) is 13.7. The van der Waals surface area contributed by atoms with Gasteiger partial charge in [-0.3, -0.25) is 67.1 Å². The first kappa shape index (κ1) is 73.2. The molecule has 4 unspecified atom stereocenters. The zero-order chi connectivity index (χ0) is 63.0. The highest BCUT2D eigenvalue weighted by Gasteiger charge is 2.50. The summed E-state index contributed by atoms with van der Waals surface area (Å²) in [5, 5.41) is 93.8. The Bertz CT molecular complexity index is 2260. The lowest BCUT2D eigenvalue weighted by Gasteiger charge is -2.28. The van der Waals surface area contributed by atoms with E-state index in [1.807, 2.05) is 0 Å². The van der Waals surface area contributed by atoms with Gasteiger partial charge >= 0.3 is 107 Å². The lowest BCUT2D eigenvalue weighted by molar-refractivity contribution is -0.191. The molecule has 0 amide bonds. The highest BCUT2D eigenvalue weighted by molar-refractivity contribution is 5.97. The zero-order valence-corrected chi connectivity index (χ0v) is 43.7. The maximum atomic E-state index is 12.8. The summed E-state index contributed by atoms with van der Waals surface area (Å²) in [4.78, 5) is 215. The van der Waals surface area contributed by atoms with Gasteiger partial charge in [0, 0.05) is 25.7 Å². The molecule has 0 aromatic carbocycles. The number of hydrogen-bond acceptors (Lipinski definition) is 26. The number of aliphatic carboxylic acids is 8. The Morgan fingerprint density at radius 3 is 0.659 bits per heavy atom. The summed E-state index contributed by atoms with van der Waals surface area (Å²) < 4.78 is 27.5. The molecule has 0 saturated carbocycles. The van der Waals surface area contributed by atoms with Crippen molar-refractivity contribution < 1.29 is 166 Å². The number of esters is 10. The number of ether oxygens (including phenoxy) is 6. The molecule has 0 aliphatic carbocycles. The van der Waals surface area contributed by atoms with Gasteiger partial charge in [0.25, 0.3) is 0 Å². The number of carbonyl (C=O) groups excluding carboxylic acids is 10. The van der Waals surface area contributed by atoms with Gasteiger partial charge in [-0.1, -0.05) is 51.4 Å². The molecule has 34 nitrogen and oxygen atoms in total. The summed E-state index contributed by atoms with van der Waals surface area (Å²) in [5.41, 5.74) is -12.6. The van der Waals surface area contributed by atoms with Crippen LogP contribution in [0.4, 0.5) is 0 Å². The van der Waals surface area contributed by atoms with Gasteiger partial charge in [0.05, 0.1) is 64.2 Å². The van der Waals surface area contributed by atoms with Crippen LogP contribution in [0.1, 0.15) is 167 Å². The van der Waals surface area contributed by atoms with Crippen LogP contribution in [0.2, 0.25) is 0 Å². The average Bonchev–Trinajstić information content (AvgIpc) is 3.31. The lowest BCUT2D eigenvalue weighted by Crippen LogP contribution is -2.48. The van der Waals surface area contributed by atoms with E-state index in [0.717, 1.165) is 0 Å². The predicted octanol–water partition coefficient (Wildman–Crippen LogP) is 0.111. The highest BCUT2D eigenvalue weighted by Crippen LogP contribution is 2.27. The van der Waals surface area contributed by atoms with E-state index in [1.54, 1.807) is 0 Å². The number of carboxylic acid groups (broad SMARTS) is 8. The largest absolute Gasteiger partial charge is 0.481 e. The molecule has 0 radical (unpaired) electrons. The average molecular weight is 1180 g/mol. The molecule has 0 spiro atoms. The fourth-order valence-electron chi connectivity index (χ4n) is 7.11. The van der Waals surface area contributed by atoms with Crippen molar-refractivity contribution in [3.05, 3.63) is 0 Å². The maximum Gasteiger partial charge on any atom is 0.349 e. The van der Waals surface area contributed by atoms with Gasteiger partial charge in [-0.2, -0.15) is 0 Å². The number of hydrogen-bond donors (Lipinski definition) is 10. The van der Waals surface area contributed by atoms with Crippen molar-refractivity contribution in [3.63, 3.8) is 0 Å². The standard InChI is InChI=1S/C48H62O34/c49-27(50)19-45(75,41(67)68)23-37(63)77-31(57)13-9-5-1-3-7-11-15-33(59)79-39(65)25-47(43(71)72,21-29(53)54)81-35(61)17-18-36(62)82-48(44(73)74,22-30(55)56)26-40(66)80-34(60)16-12-8-4-2-6-10-14-32(58)78-38(64)24-46(76,42(69)70)20-28(51)52/h75-76H,1-26H2,(H,49,50)(H,51,52)(H,53,54)(H,55,56)(H,67,68)(H,69,70)(H,71,72)(H,73,74). The van der Waals surface area contributed by atoms with Crippen LogP contribution in [-0.4, -0.2) is 181 Å². The van der Waals surface area contributed by atoms with Gasteiger partial charge in [-0.25, -0.2) is 19.2 Å². The monoisotopic (exact) mass is 1180 g/mol. The fraction of sp³-hybridized carbons (Fsp3) is 0.625. The van der Waals surface area contributed by atoms with E-state index < -0.39 is 207 Å². The van der Waals surface area contributed by atoms with Crippen LogP contribution >= 0.6 is 0 Å². The Morgan fingerprint density at radius 1 is 0.232 bits per heavy atom. The predicted molar refractivity (Wildman–Crippen MR) is 253 cm³/mol. The molecule has 34 heteroatoms. The quantitative estimate of drug-likeness (QED) is 0.0168. The molecule has 4 atom stereocenters. The summed E-state index contributed by atoms with van der Waals surface area (Å²) in [6, 6.07) is 0. The van der Waals surface area contributed by atoms with E-state index in [0.29, 0.717) is 51.4 Å². The minimum absolute atomic E-state index is 0.0774. The molecule has 458 valence electrons. The first-order valence-corrected chi connectivity index (χ1v) is 24.6. The molecule has 0 fully saturated rings. The van der Waals surface area contributed by atoms with Crippen molar-refractivity contribution in [2.24, 2.45) is 0 Å². The Balaban J connectivity index is 5.14. The molecular weight excluding hydrogens is 1120 g/mol. The molecule has 0 aliphatic heterocycles. The van der Waals surface area contributed by atoms with Gasteiger partial charge in [-0.05, 0) is 25.7 Å². The van der Waals surface area contributed by atoms with E-state index in [-0.39, 0.29) is 38.5 Å². The topological polar surface area (TPSA) is 565 Å². The number of aliphatic hydroxyl groups is 2. The van der Waals surface area contributed by atoms with Gasteiger partial charge in [-0.15, -0.1) is 0 Å². The number of unbranched alkanes of at least 4 members (excludes halogenated alkanes) is 10. The summed E-state index contributed by atoms with van der Waals surface area (Å²) >= 11 is 0. The van der Waals surface area contributed by atoms with Crippen molar-refractivity contribution in [1.29, 1.82) is 0 Å². The summed E-state index contributed by atoms with van der Waals surface area (Å²) in [6.45, 7) is 0. The SMILES string of the molecule is O=C(O)CC(O)(CC(=O)OC(=O)CCCCCCCCC(=O)OC(=O)CC(CC(=O)O)(OC(=O)CCC(=O)OC(CC(=O)O)(CC(=O)OC(=O)CCCCCCCCC(=O)OC(=O)CC(O)(CC(=O)O)C(=O)O)C(=O)O)C(=O)O)C(=O)O.